The van der Waals surface area contributed by atoms with Gasteiger partial charge < -0.3 is 10.2 Å². The van der Waals surface area contributed by atoms with Crippen molar-refractivity contribution >= 4 is 11.8 Å². The first-order chi connectivity index (χ1) is 9.95. The molecule has 0 bridgehead atoms. The zero-order valence-corrected chi connectivity index (χ0v) is 12.8. The quantitative estimate of drug-likeness (QED) is 0.926. The third kappa shape index (κ3) is 2.33. The minimum absolute atomic E-state index is 0.0249. The highest BCUT2D eigenvalue weighted by atomic mass is 16.2. The van der Waals surface area contributed by atoms with Crippen molar-refractivity contribution in [3.05, 3.63) is 35.9 Å². The molecule has 0 radical (unpaired) electrons. The molecule has 0 spiro atoms. The molecule has 1 saturated carbocycles. The van der Waals surface area contributed by atoms with E-state index in [1.807, 2.05) is 35.2 Å². The van der Waals surface area contributed by atoms with Crippen LogP contribution < -0.4 is 5.32 Å². The van der Waals surface area contributed by atoms with Gasteiger partial charge in [-0.25, -0.2) is 0 Å². The van der Waals surface area contributed by atoms with Crippen LogP contribution in [0.2, 0.25) is 0 Å². The van der Waals surface area contributed by atoms with E-state index in [9.17, 15) is 9.59 Å². The van der Waals surface area contributed by atoms with Crippen molar-refractivity contribution in [1.82, 2.24) is 10.2 Å². The Morgan fingerprint density at radius 3 is 2.48 bits per heavy atom. The van der Waals surface area contributed by atoms with Crippen LogP contribution in [0.5, 0.6) is 0 Å². The molecule has 21 heavy (non-hydrogen) atoms. The Kier molecular flexibility index (Phi) is 3.27. The van der Waals surface area contributed by atoms with E-state index in [1.165, 1.54) is 0 Å². The Balaban J connectivity index is 1.99. The Labute approximate surface area is 125 Å². The number of carbonyl (C=O) groups excluding carboxylic acids is 2. The Morgan fingerprint density at radius 1 is 1.24 bits per heavy atom. The molecule has 1 heterocycles. The van der Waals surface area contributed by atoms with Gasteiger partial charge in [-0.1, -0.05) is 43.7 Å². The molecule has 1 N–H and O–H groups in total. The molecule has 1 aliphatic carbocycles. The highest BCUT2D eigenvalue weighted by Crippen LogP contribution is 2.44. The zero-order valence-electron chi connectivity index (χ0n) is 12.8. The van der Waals surface area contributed by atoms with Crippen LogP contribution in [0.3, 0.4) is 0 Å². The molecule has 1 aromatic rings. The van der Waals surface area contributed by atoms with Crippen LogP contribution in [0.4, 0.5) is 0 Å². The molecule has 4 nitrogen and oxygen atoms in total. The lowest BCUT2D eigenvalue weighted by molar-refractivity contribution is -0.154. The largest absolute Gasteiger partial charge is 0.340 e. The Hall–Kier alpha value is -1.84. The molecule has 112 valence electrons. The number of nitrogens with zero attached hydrogens (tertiary/aromatic N) is 1. The van der Waals surface area contributed by atoms with E-state index in [2.05, 4.69) is 12.2 Å². The minimum atomic E-state index is -0.816. The summed E-state index contributed by atoms with van der Waals surface area (Å²) in [5.74, 6) is 0.478. The molecule has 1 saturated heterocycles. The van der Waals surface area contributed by atoms with Gasteiger partial charge >= 0.3 is 0 Å². The SMILES string of the molecule is CCC1CC1N1C(=O)C(C)(C)NC(=O)C1c1ccccc1. The standard InChI is InChI=1S/C17H22N2O2/c1-4-11-10-13(11)19-14(12-8-6-5-7-9-12)15(20)18-17(2,3)16(19)21/h5-9,11,13-14H,4,10H2,1-3H3,(H,18,20). The third-order valence-corrected chi connectivity index (χ3v) is 4.61. The monoisotopic (exact) mass is 286 g/mol. The molecule has 3 rings (SSSR count). The Bertz CT molecular complexity index is 567. The predicted octanol–water partition coefficient (Wildman–Crippen LogP) is 2.26. The zero-order chi connectivity index (χ0) is 15.2. The van der Waals surface area contributed by atoms with Crippen LogP contribution in [-0.2, 0) is 9.59 Å². The summed E-state index contributed by atoms with van der Waals surface area (Å²) in [7, 11) is 0. The number of hydrogen-bond acceptors (Lipinski definition) is 2. The second-order valence-corrected chi connectivity index (χ2v) is 6.61. The van der Waals surface area contributed by atoms with E-state index < -0.39 is 11.6 Å². The van der Waals surface area contributed by atoms with Gasteiger partial charge in [-0.15, -0.1) is 0 Å². The summed E-state index contributed by atoms with van der Waals surface area (Å²) < 4.78 is 0. The van der Waals surface area contributed by atoms with Crippen molar-refractivity contribution in [2.24, 2.45) is 5.92 Å². The molecular formula is C17H22N2O2. The minimum Gasteiger partial charge on any atom is -0.340 e. The van der Waals surface area contributed by atoms with E-state index >= 15 is 0 Å². The smallest absolute Gasteiger partial charge is 0.248 e. The maximum absolute atomic E-state index is 12.8. The summed E-state index contributed by atoms with van der Waals surface area (Å²) in [5, 5.41) is 2.87. The molecule has 0 aromatic heterocycles. The van der Waals surface area contributed by atoms with Crippen LogP contribution >= 0.6 is 0 Å². The number of piperazine rings is 1. The van der Waals surface area contributed by atoms with Gasteiger partial charge in [0.25, 0.3) is 0 Å². The van der Waals surface area contributed by atoms with E-state index in [0.29, 0.717) is 5.92 Å². The summed E-state index contributed by atoms with van der Waals surface area (Å²) in [4.78, 5) is 27.3. The molecule has 4 heteroatoms. The van der Waals surface area contributed by atoms with Crippen molar-refractivity contribution in [1.29, 1.82) is 0 Å². The molecule has 3 unspecified atom stereocenters. The van der Waals surface area contributed by atoms with Gasteiger partial charge in [0, 0.05) is 6.04 Å². The number of nitrogens with one attached hydrogen (secondary N) is 1. The second kappa shape index (κ2) is 4.86. The lowest BCUT2D eigenvalue weighted by atomic mass is 9.93. The van der Waals surface area contributed by atoms with Crippen LogP contribution in [0.1, 0.15) is 45.2 Å². The van der Waals surface area contributed by atoms with Crippen molar-refractivity contribution in [3.63, 3.8) is 0 Å². The van der Waals surface area contributed by atoms with E-state index in [1.54, 1.807) is 13.8 Å². The fourth-order valence-electron chi connectivity index (χ4n) is 3.30. The van der Waals surface area contributed by atoms with Gasteiger partial charge in [-0.2, -0.15) is 0 Å². The second-order valence-electron chi connectivity index (χ2n) is 6.61. The average molecular weight is 286 g/mol. The van der Waals surface area contributed by atoms with Crippen molar-refractivity contribution in [2.75, 3.05) is 0 Å². The van der Waals surface area contributed by atoms with Crippen molar-refractivity contribution < 1.29 is 9.59 Å². The highest BCUT2D eigenvalue weighted by molar-refractivity contribution is 6.00. The fraction of sp³-hybridized carbons (Fsp3) is 0.529. The lowest BCUT2D eigenvalue weighted by Gasteiger charge is -2.43. The van der Waals surface area contributed by atoms with Crippen LogP contribution in [0, 0.1) is 5.92 Å². The van der Waals surface area contributed by atoms with E-state index in [-0.39, 0.29) is 17.9 Å². The summed E-state index contributed by atoms with van der Waals surface area (Å²) in [5.41, 5.74) is 0.0732. The van der Waals surface area contributed by atoms with Gasteiger partial charge in [0.1, 0.15) is 11.6 Å². The first-order valence-electron chi connectivity index (χ1n) is 7.65. The van der Waals surface area contributed by atoms with Gasteiger partial charge in [-0.3, -0.25) is 9.59 Å². The normalized spacial score (nSPS) is 31.0. The molecule has 2 amide bonds. The van der Waals surface area contributed by atoms with Crippen LogP contribution in [0.25, 0.3) is 0 Å². The summed E-state index contributed by atoms with van der Waals surface area (Å²) >= 11 is 0. The predicted molar refractivity (Wildman–Crippen MR) is 80.4 cm³/mol. The third-order valence-electron chi connectivity index (χ3n) is 4.61. The number of rotatable bonds is 3. The van der Waals surface area contributed by atoms with Crippen LogP contribution in [0.15, 0.2) is 30.3 Å². The van der Waals surface area contributed by atoms with E-state index in [4.69, 9.17) is 0 Å². The maximum Gasteiger partial charge on any atom is 0.248 e. The Morgan fingerprint density at radius 2 is 1.90 bits per heavy atom. The van der Waals surface area contributed by atoms with E-state index in [0.717, 1.165) is 18.4 Å². The molecule has 1 aliphatic heterocycles. The first-order valence-corrected chi connectivity index (χ1v) is 7.65. The van der Waals surface area contributed by atoms with Gasteiger partial charge in [0.05, 0.1) is 0 Å². The maximum atomic E-state index is 12.8. The first kappa shape index (κ1) is 14.1. The highest BCUT2D eigenvalue weighted by Gasteiger charge is 2.54. The molecule has 1 aromatic carbocycles. The van der Waals surface area contributed by atoms with Gasteiger partial charge in [0.15, 0.2) is 0 Å². The summed E-state index contributed by atoms with van der Waals surface area (Å²) in [6, 6.07) is 9.31. The topological polar surface area (TPSA) is 49.4 Å². The number of benzene rings is 1. The number of amides is 2. The van der Waals surface area contributed by atoms with Gasteiger partial charge in [0.2, 0.25) is 11.8 Å². The van der Waals surface area contributed by atoms with Crippen molar-refractivity contribution in [3.8, 4) is 0 Å². The molecule has 2 aliphatic rings. The van der Waals surface area contributed by atoms with Crippen molar-refractivity contribution in [2.45, 2.75) is 51.2 Å². The summed E-state index contributed by atoms with van der Waals surface area (Å²) in [6.07, 6.45) is 2.06. The average Bonchev–Trinajstić information content (AvgIpc) is 3.22. The van der Waals surface area contributed by atoms with Crippen LogP contribution in [-0.4, -0.2) is 28.3 Å². The fourth-order valence-corrected chi connectivity index (χ4v) is 3.30. The number of carbonyl (C=O) groups is 2. The molecule has 3 atom stereocenters. The summed E-state index contributed by atoms with van der Waals surface area (Å²) in [6.45, 7) is 5.71. The molecule has 2 fully saturated rings. The van der Waals surface area contributed by atoms with Gasteiger partial charge in [-0.05, 0) is 31.7 Å². The molecular weight excluding hydrogens is 264 g/mol. The number of hydrogen-bond donors (Lipinski definition) is 1. The lowest BCUT2D eigenvalue weighted by Crippen LogP contribution is -2.65.